The molecule has 312 valence electrons. The van der Waals surface area contributed by atoms with Gasteiger partial charge >= 0.3 is 0 Å². The fraction of sp³-hybridized carbons (Fsp3) is 0.0392. The van der Waals surface area contributed by atoms with Crippen LogP contribution in [0.15, 0.2) is 176 Å². The Morgan fingerprint density at radius 3 is 1.52 bits per heavy atom. The van der Waals surface area contributed by atoms with Gasteiger partial charge in [0.05, 0.1) is 16.7 Å². The molecule has 8 nitrogen and oxygen atoms in total. The molecule has 6 aromatic carbocycles. The van der Waals surface area contributed by atoms with E-state index in [4.69, 9.17) is 34.9 Å². The van der Waals surface area contributed by atoms with Crippen LogP contribution >= 0.6 is 0 Å². The normalized spacial score (nSPS) is 11.7. The van der Waals surface area contributed by atoms with E-state index in [1.165, 1.54) is 48.5 Å². The molecule has 0 aliphatic heterocycles. The van der Waals surface area contributed by atoms with E-state index >= 15 is 4.39 Å². The molecule has 0 amide bonds. The van der Waals surface area contributed by atoms with Gasteiger partial charge in [-0.2, -0.15) is 0 Å². The zero-order valence-electron chi connectivity index (χ0n) is 33.7. The van der Waals surface area contributed by atoms with Gasteiger partial charge in [-0.05, 0) is 121 Å². The summed E-state index contributed by atoms with van der Waals surface area (Å²) in [6.07, 6.45) is 6.43. The van der Waals surface area contributed by atoms with Gasteiger partial charge in [-0.3, -0.25) is 4.57 Å². The van der Waals surface area contributed by atoms with Crippen molar-refractivity contribution in [3.05, 3.63) is 205 Å². The molecule has 9 rings (SSSR count). The SMILES string of the molecule is C=C/C=C(\C=C/CF)Cc1nc(-c2ccc(F)cc2)nc(-c2cc(-c3nc(-c4ccc(F)cc4)nc(-c4ccc(F)cc4)n3)cc(-c3nc4ccccc4n3-c3ccccc3F)c2)n1. The van der Waals surface area contributed by atoms with Gasteiger partial charge in [0.2, 0.25) is 0 Å². The molecule has 0 saturated carbocycles. The molecular formula is C51H33F5N8. The summed E-state index contributed by atoms with van der Waals surface area (Å²) >= 11 is 0. The summed E-state index contributed by atoms with van der Waals surface area (Å²) < 4.78 is 73.4. The number of imidazole rings is 1. The van der Waals surface area contributed by atoms with Crippen molar-refractivity contribution in [2.45, 2.75) is 6.42 Å². The van der Waals surface area contributed by atoms with Crippen LogP contribution in [0.25, 0.3) is 85.0 Å². The number of rotatable bonds is 12. The Bertz CT molecular complexity index is 3170. The molecule has 0 atom stereocenters. The van der Waals surface area contributed by atoms with E-state index in [9.17, 15) is 17.6 Å². The van der Waals surface area contributed by atoms with Crippen LogP contribution in [0.1, 0.15) is 5.82 Å². The first kappa shape index (κ1) is 41.1. The highest BCUT2D eigenvalue weighted by atomic mass is 19.1. The number of benzene rings is 6. The Morgan fingerprint density at radius 1 is 0.516 bits per heavy atom. The lowest BCUT2D eigenvalue weighted by molar-refractivity contribution is 0.561. The molecule has 0 unspecified atom stereocenters. The van der Waals surface area contributed by atoms with Crippen LogP contribution in [0.3, 0.4) is 0 Å². The van der Waals surface area contributed by atoms with Gasteiger partial charge in [-0.15, -0.1) is 0 Å². The van der Waals surface area contributed by atoms with Crippen molar-refractivity contribution >= 4 is 11.0 Å². The van der Waals surface area contributed by atoms with E-state index in [0.717, 1.165) is 0 Å². The Kier molecular flexibility index (Phi) is 11.5. The maximum Gasteiger partial charge on any atom is 0.164 e. The number of halogens is 5. The van der Waals surface area contributed by atoms with Crippen LogP contribution in [0.5, 0.6) is 0 Å². The van der Waals surface area contributed by atoms with Gasteiger partial charge in [0, 0.05) is 39.8 Å². The summed E-state index contributed by atoms with van der Waals surface area (Å²) in [4.78, 5) is 34.1. The first-order valence-corrected chi connectivity index (χ1v) is 19.9. The van der Waals surface area contributed by atoms with Gasteiger partial charge in [-0.25, -0.2) is 56.8 Å². The van der Waals surface area contributed by atoms with Gasteiger partial charge in [-0.1, -0.05) is 55.1 Å². The molecule has 3 aromatic heterocycles. The fourth-order valence-electron chi connectivity index (χ4n) is 7.13. The number of nitrogens with zero attached hydrogens (tertiary/aromatic N) is 8. The minimum Gasteiger partial charge on any atom is -0.289 e. The number of aromatic nitrogens is 8. The summed E-state index contributed by atoms with van der Waals surface area (Å²) in [6, 6.07) is 36.2. The van der Waals surface area contributed by atoms with Gasteiger partial charge < -0.3 is 0 Å². The number of hydrogen-bond donors (Lipinski definition) is 0. The van der Waals surface area contributed by atoms with E-state index < -0.39 is 29.9 Å². The molecule has 0 N–H and O–H groups in total. The van der Waals surface area contributed by atoms with Gasteiger partial charge in [0.25, 0.3) is 0 Å². The van der Waals surface area contributed by atoms with E-state index in [2.05, 4.69) is 6.58 Å². The van der Waals surface area contributed by atoms with Crippen LogP contribution < -0.4 is 0 Å². The summed E-state index contributed by atoms with van der Waals surface area (Å²) in [5.74, 6) is -0.143. The highest BCUT2D eigenvalue weighted by Crippen LogP contribution is 2.36. The second-order valence-electron chi connectivity index (χ2n) is 14.4. The van der Waals surface area contributed by atoms with Crippen molar-refractivity contribution in [1.29, 1.82) is 0 Å². The molecule has 3 heterocycles. The average molecular weight is 853 g/mol. The number of fused-ring (bicyclic) bond motifs is 1. The topological polar surface area (TPSA) is 95.2 Å². The lowest BCUT2D eigenvalue weighted by Crippen LogP contribution is -2.05. The second-order valence-corrected chi connectivity index (χ2v) is 14.4. The van der Waals surface area contributed by atoms with Gasteiger partial charge in [0.1, 0.15) is 41.6 Å². The molecule has 0 saturated heterocycles. The highest BCUT2D eigenvalue weighted by molar-refractivity contribution is 5.86. The van der Waals surface area contributed by atoms with Crippen LogP contribution in [0, 0.1) is 23.3 Å². The summed E-state index contributed by atoms with van der Waals surface area (Å²) in [5, 5.41) is 0. The maximum atomic E-state index is 15.8. The predicted octanol–water partition coefficient (Wildman–Crippen LogP) is 12.1. The number of alkyl halides is 1. The first-order valence-electron chi connectivity index (χ1n) is 19.9. The van der Waals surface area contributed by atoms with E-state index in [1.807, 2.05) is 30.3 Å². The molecule has 0 fully saturated rings. The molecule has 0 spiro atoms. The van der Waals surface area contributed by atoms with Crippen LogP contribution in [0.4, 0.5) is 22.0 Å². The van der Waals surface area contributed by atoms with Crippen molar-refractivity contribution in [3.8, 4) is 74.0 Å². The smallest absolute Gasteiger partial charge is 0.164 e. The zero-order valence-corrected chi connectivity index (χ0v) is 33.7. The van der Waals surface area contributed by atoms with Crippen molar-refractivity contribution in [2.24, 2.45) is 0 Å². The Balaban J connectivity index is 1.33. The molecule has 0 bridgehead atoms. The first-order chi connectivity index (χ1) is 31.2. The van der Waals surface area contributed by atoms with Crippen molar-refractivity contribution in [1.82, 2.24) is 39.5 Å². The fourth-order valence-corrected chi connectivity index (χ4v) is 7.13. The van der Waals surface area contributed by atoms with E-state index in [1.54, 1.807) is 89.5 Å². The van der Waals surface area contributed by atoms with Crippen molar-refractivity contribution < 1.29 is 22.0 Å². The summed E-state index contributed by atoms with van der Waals surface area (Å²) in [5.41, 5.74) is 4.97. The van der Waals surface area contributed by atoms with Crippen molar-refractivity contribution in [3.63, 3.8) is 0 Å². The monoisotopic (exact) mass is 852 g/mol. The Morgan fingerprint density at radius 2 is 0.984 bits per heavy atom. The minimum atomic E-state index is -0.687. The molecule has 64 heavy (non-hydrogen) atoms. The quantitative estimate of drug-likeness (QED) is 0.0892. The lowest BCUT2D eigenvalue weighted by Gasteiger charge is -2.14. The molecular weight excluding hydrogens is 820 g/mol. The van der Waals surface area contributed by atoms with Crippen LogP contribution in [0.2, 0.25) is 0 Å². The highest BCUT2D eigenvalue weighted by Gasteiger charge is 2.22. The zero-order chi connectivity index (χ0) is 44.2. The molecule has 0 aliphatic rings. The third kappa shape index (κ3) is 8.72. The lowest BCUT2D eigenvalue weighted by atomic mass is 10.0. The summed E-state index contributed by atoms with van der Waals surface area (Å²) in [6.45, 7) is 3.11. The summed E-state index contributed by atoms with van der Waals surface area (Å²) in [7, 11) is 0. The Hall–Kier alpha value is -8.32. The molecule has 9 aromatic rings. The van der Waals surface area contributed by atoms with E-state index in [0.29, 0.717) is 61.6 Å². The number of para-hydroxylation sites is 3. The minimum absolute atomic E-state index is 0.150. The Labute approximate surface area is 363 Å². The molecule has 0 aliphatic carbocycles. The van der Waals surface area contributed by atoms with Crippen LogP contribution in [-0.2, 0) is 6.42 Å². The second kappa shape index (κ2) is 18.0. The van der Waals surface area contributed by atoms with Gasteiger partial charge in [0.15, 0.2) is 29.1 Å². The third-order valence-electron chi connectivity index (χ3n) is 10.1. The van der Waals surface area contributed by atoms with Crippen molar-refractivity contribution in [2.75, 3.05) is 6.67 Å². The number of hydrogen-bond acceptors (Lipinski definition) is 7. The van der Waals surface area contributed by atoms with Crippen LogP contribution in [-0.4, -0.2) is 46.1 Å². The standard InChI is InChI=1S/C51H33F5N8/c1-2-8-31(9-7-26-52)27-45-58-46(32-14-20-38(53)21-15-32)60-49(59-45)35-28-36(30-37(29-35)51-57-42-11-4-6-13-44(42)64(51)43-12-5-3-10-41(43)56)50-62-47(33-16-22-39(54)23-17-33)61-48(63-50)34-18-24-40(55)25-19-34/h2-25,28-30H,1,26-27H2/b9-7-,31-8+. The maximum absolute atomic E-state index is 15.8. The molecule has 13 heteroatoms. The molecule has 0 radical (unpaired) electrons. The third-order valence-corrected chi connectivity index (χ3v) is 10.1. The number of allylic oxidation sites excluding steroid dienone is 5. The van der Waals surface area contributed by atoms with E-state index in [-0.39, 0.29) is 41.2 Å². The predicted molar refractivity (Wildman–Crippen MR) is 237 cm³/mol. The average Bonchev–Trinajstić information content (AvgIpc) is 3.71. The largest absolute Gasteiger partial charge is 0.289 e.